The highest BCUT2D eigenvalue weighted by atomic mass is 28.4. The Bertz CT molecular complexity index is 426. The molecule has 1 saturated carbocycles. The van der Waals surface area contributed by atoms with E-state index in [1.165, 1.54) is 18.4 Å². The molecule has 1 aromatic carbocycles. The molecule has 18 heavy (non-hydrogen) atoms. The van der Waals surface area contributed by atoms with E-state index in [0.29, 0.717) is 6.10 Å². The molecule has 0 N–H and O–H groups in total. The van der Waals surface area contributed by atoms with Crippen molar-refractivity contribution in [3.05, 3.63) is 35.9 Å². The van der Waals surface area contributed by atoms with E-state index in [1.54, 1.807) is 0 Å². The lowest BCUT2D eigenvalue weighted by Crippen LogP contribution is -2.42. The SMILES string of the molecule is C[Si](C)(C)O[C@@H]1CCC[C@H]2O[C@]21c1ccccc1. The van der Waals surface area contributed by atoms with Crippen LogP contribution in [-0.2, 0) is 14.8 Å². The van der Waals surface area contributed by atoms with Gasteiger partial charge < -0.3 is 9.16 Å². The molecule has 1 saturated heterocycles. The summed E-state index contributed by atoms with van der Waals surface area (Å²) in [7, 11) is -1.52. The van der Waals surface area contributed by atoms with Gasteiger partial charge in [-0.15, -0.1) is 0 Å². The van der Waals surface area contributed by atoms with Crippen LogP contribution in [0.2, 0.25) is 19.6 Å². The van der Waals surface area contributed by atoms with E-state index in [-0.39, 0.29) is 11.7 Å². The maximum absolute atomic E-state index is 6.40. The number of hydrogen-bond donors (Lipinski definition) is 0. The van der Waals surface area contributed by atoms with Gasteiger partial charge in [0.05, 0.1) is 12.2 Å². The van der Waals surface area contributed by atoms with E-state index in [2.05, 4.69) is 50.0 Å². The fourth-order valence-electron chi connectivity index (χ4n) is 3.17. The van der Waals surface area contributed by atoms with Gasteiger partial charge in [-0.05, 0) is 44.5 Å². The molecular weight excluding hydrogens is 240 g/mol. The summed E-state index contributed by atoms with van der Waals surface area (Å²) < 4.78 is 12.5. The third kappa shape index (κ3) is 2.04. The Labute approximate surface area is 110 Å². The van der Waals surface area contributed by atoms with Gasteiger partial charge in [-0.3, -0.25) is 0 Å². The minimum atomic E-state index is -1.52. The Morgan fingerprint density at radius 1 is 1.17 bits per heavy atom. The minimum Gasteiger partial charge on any atom is -0.411 e. The zero-order chi connectivity index (χ0) is 12.8. The molecule has 1 aliphatic heterocycles. The number of rotatable bonds is 3. The van der Waals surface area contributed by atoms with Gasteiger partial charge in [0.15, 0.2) is 8.32 Å². The first-order valence-corrected chi connectivity index (χ1v) is 10.3. The van der Waals surface area contributed by atoms with Crippen molar-refractivity contribution in [3.63, 3.8) is 0 Å². The smallest absolute Gasteiger partial charge is 0.184 e. The van der Waals surface area contributed by atoms with Gasteiger partial charge in [0.1, 0.15) is 5.60 Å². The third-order valence-electron chi connectivity index (χ3n) is 3.89. The molecule has 2 fully saturated rings. The van der Waals surface area contributed by atoms with Crippen LogP contribution >= 0.6 is 0 Å². The summed E-state index contributed by atoms with van der Waals surface area (Å²) in [5, 5.41) is 0. The molecule has 98 valence electrons. The summed E-state index contributed by atoms with van der Waals surface area (Å²) in [6.07, 6.45) is 4.19. The van der Waals surface area contributed by atoms with Gasteiger partial charge in [0.2, 0.25) is 0 Å². The van der Waals surface area contributed by atoms with Crippen LogP contribution in [-0.4, -0.2) is 20.5 Å². The first kappa shape index (κ1) is 12.4. The Balaban J connectivity index is 1.89. The summed E-state index contributed by atoms with van der Waals surface area (Å²) >= 11 is 0. The van der Waals surface area contributed by atoms with E-state index in [1.807, 2.05) is 0 Å². The van der Waals surface area contributed by atoms with Gasteiger partial charge >= 0.3 is 0 Å². The van der Waals surface area contributed by atoms with E-state index in [0.717, 1.165) is 6.42 Å². The quantitative estimate of drug-likeness (QED) is 0.612. The first-order chi connectivity index (χ1) is 8.52. The zero-order valence-electron chi connectivity index (χ0n) is 11.5. The number of fused-ring (bicyclic) bond motifs is 1. The predicted molar refractivity (Wildman–Crippen MR) is 75.1 cm³/mol. The topological polar surface area (TPSA) is 21.8 Å². The standard InChI is InChI=1S/C15H22O2Si/c1-18(2,3)17-14-11-7-10-13-15(14,16-13)12-8-5-4-6-9-12/h4-6,8-9,13-14H,7,10-11H2,1-3H3/t13-,14-,15-/m1/s1. The van der Waals surface area contributed by atoms with Crippen LogP contribution in [0.1, 0.15) is 24.8 Å². The number of benzene rings is 1. The Morgan fingerprint density at radius 2 is 1.89 bits per heavy atom. The van der Waals surface area contributed by atoms with Crippen molar-refractivity contribution in [2.24, 2.45) is 0 Å². The maximum Gasteiger partial charge on any atom is 0.184 e. The van der Waals surface area contributed by atoms with Crippen molar-refractivity contribution in [3.8, 4) is 0 Å². The summed E-state index contributed by atoms with van der Waals surface area (Å²) in [5.41, 5.74) is 1.18. The molecule has 3 rings (SSSR count). The Hall–Kier alpha value is -0.643. The molecule has 0 aromatic heterocycles. The summed E-state index contributed by atoms with van der Waals surface area (Å²) in [6.45, 7) is 6.78. The molecule has 2 nitrogen and oxygen atoms in total. The highest BCUT2D eigenvalue weighted by Gasteiger charge is 2.64. The normalized spacial score (nSPS) is 35.1. The molecule has 1 aromatic rings. The number of hydrogen-bond acceptors (Lipinski definition) is 2. The van der Waals surface area contributed by atoms with Crippen LogP contribution in [0.4, 0.5) is 0 Å². The Morgan fingerprint density at radius 3 is 2.56 bits per heavy atom. The highest BCUT2D eigenvalue weighted by Crippen LogP contribution is 2.56. The fourth-order valence-corrected chi connectivity index (χ4v) is 4.32. The van der Waals surface area contributed by atoms with E-state index >= 15 is 0 Å². The third-order valence-corrected chi connectivity index (χ3v) is 4.88. The van der Waals surface area contributed by atoms with Gasteiger partial charge in [-0.1, -0.05) is 30.3 Å². The zero-order valence-corrected chi connectivity index (χ0v) is 12.5. The monoisotopic (exact) mass is 262 g/mol. The van der Waals surface area contributed by atoms with Crippen LogP contribution in [0.15, 0.2) is 30.3 Å². The molecule has 3 atom stereocenters. The van der Waals surface area contributed by atoms with Crippen LogP contribution in [0.5, 0.6) is 0 Å². The number of ether oxygens (including phenoxy) is 1. The van der Waals surface area contributed by atoms with E-state index in [4.69, 9.17) is 9.16 Å². The highest BCUT2D eigenvalue weighted by molar-refractivity contribution is 6.69. The van der Waals surface area contributed by atoms with Crippen molar-refractivity contribution in [1.29, 1.82) is 0 Å². The van der Waals surface area contributed by atoms with E-state index < -0.39 is 8.32 Å². The summed E-state index contributed by atoms with van der Waals surface area (Å²) in [6, 6.07) is 10.6. The van der Waals surface area contributed by atoms with E-state index in [9.17, 15) is 0 Å². The molecular formula is C15H22O2Si. The lowest BCUT2D eigenvalue weighted by atomic mass is 9.81. The van der Waals surface area contributed by atoms with Crippen molar-refractivity contribution < 1.29 is 9.16 Å². The molecule has 2 aliphatic rings. The molecule has 0 bridgehead atoms. The molecule has 1 aliphatic carbocycles. The maximum atomic E-state index is 6.40. The largest absolute Gasteiger partial charge is 0.411 e. The Kier molecular flexibility index (Phi) is 2.88. The first-order valence-electron chi connectivity index (χ1n) is 6.93. The van der Waals surface area contributed by atoms with Crippen LogP contribution < -0.4 is 0 Å². The summed E-state index contributed by atoms with van der Waals surface area (Å²) in [5.74, 6) is 0. The molecule has 0 amide bonds. The van der Waals surface area contributed by atoms with Gasteiger partial charge in [0, 0.05) is 0 Å². The lowest BCUT2D eigenvalue weighted by Gasteiger charge is -2.34. The van der Waals surface area contributed by atoms with Crippen molar-refractivity contribution >= 4 is 8.32 Å². The molecule has 0 unspecified atom stereocenters. The second-order valence-electron chi connectivity index (χ2n) is 6.42. The second-order valence-corrected chi connectivity index (χ2v) is 10.9. The minimum absolute atomic E-state index is 0.125. The van der Waals surface area contributed by atoms with Crippen LogP contribution in [0.3, 0.4) is 0 Å². The fraction of sp³-hybridized carbons (Fsp3) is 0.600. The predicted octanol–water partition coefficient (Wildman–Crippen LogP) is 3.68. The number of epoxide rings is 1. The van der Waals surface area contributed by atoms with Crippen LogP contribution in [0, 0.1) is 0 Å². The van der Waals surface area contributed by atoms with Crippen molar-refractivity contribution in [1.82, 2.24) is 0 Å². The average Bonchev–Trinajstić information content (AvgIpc) is 3.05. The van der Waals surface area contributed by atoms with Gasteiger partial charge in [-0.25, -0.2) is 0 Å². The molecule has 3 heteroatoms. The second kappa shape index (κ2) is 4.19. The molecule has 0 radical (unpaired) electrons. The average molecular weight is 262 g/mol. The summed E-state index contributed by atoms with van der Waals surface area (Å²) in [4.78, 5) is 0. The molecule has 0 spiro atoms. The van der Waals surface area contributed by atoms with Gasteiger partial charge in [-0.2, -0.15) is 0 Å². The van der Waals surface area contributed by atoms with Crippen LogP contribution in [0.25, 0.3) is 0 Å². The van der Waals surface area contributed by atoms with Gasteiger partial charge in [0.25, 0.3) is 0 Å². The van der Waals surface area contributed by atoms with Crippen molar-refractivity contribution in [2.45, 2.75) is 56.7 Å². The molecule has 1 heterocycles. The van der Waals surface area contributed by atoms with Crippen molar-refractivity contribution in [2.75, 3.05) is 0 Å². The lowest BCUT2D eigenvalue weighted by molar-refractivity contribution is 0.0783.